The fourth-order valence-corrected chi connectivity index (χ4v) is 6.49. The van der Waals surface area contributed by atoms with Gasteiger partial charge in [-0.3, -0.25) is 4.79 Å². The van der Waals surface area contributed by atoms with Gasteiger partial charge in [0.15, 0.2) is 11.5 Å². The summed E-state index contributed by atoms with van der Waals surface area (Å²) in [6.45, 7) is 10.8. The number of ketones is 1. The minimum atomic E-state index is 0.0607. The molecule has 6 heteroatoms. The summed E-state index contributed by atoms with van der Waals surface area (Å²) in [5.74, 6) is 2.02. The van der Waals surface area contributed by atoms with Gasteiger partial charge in [0, 0.05) is 43.0 Å². The molecule has 2 fully saturated rings. The zero-order valence-electron chi connectivity index (χ0n) is 21.0. The summed E-state index contributed by atoms with van der Waals surface area (Å²) >= 11 is 0. The second-order valence-corrected chi connectivity index (χ2v) is 11.0. The van der Waals surface area contributed by atoms with E-state index in [9.17, 15) is 4.79 Å². The van der Waals surface area contributed by atoms with Gasteiger partial charge < -0.3 is 19.6 Å². The maximum absolute atomic E-state index is 13.8. The number of piperidine rings is 1. The van der Waals surface area contributed by atoms with E-state index in [2.05, 4.69) is 40.2 Å². The minimum Gasteiger partial charge on any atom is -0.383 e. The summed E-state index contributed by atoms with van der Waals surface area (Å²) in [5, 5.41) is 9.10. The van der Waals surface area contributed by atoms with Crippen LogP contribution in [0.5, 0.6) is 0 Å². The number of hydrogen-bond acceptors (Lipinski definition) is 6. The van der Waals surface area contributed by atoms with Gasteiger partial charge in [-0.1, -0.05) is 56.1 Å². The highest BCUT2D eigenvalue weighted by Crippen LogP contribution is 2.46. The first-order valence-corrected chi connectivity index (χ1v) is 13.4. The molecule has 2 saturated heterocycles. The van der Waals surface area contributed by atoms with E-state index in [1.807, 2.05) is 24.3 Å². The lowest BCUT2D eigenvalue weighted by Gasteiger charge is -2.37. The Balaban J connectivity index is 1.41. The van der Waals surface area contributed by atoms with E-state index in [0.29, 0.717) is 23.0 Å². The molecule has 2 aliphatic heterocycles. The van der Waals surface area contributed by atoms with Crippen LogP contribution in [0.15, 0.2) is 34.9 Å². The van der Waals surface area contributed by atoms with E-state index in [1.165, 1.54) is 45.2 Å². The van der Waals surface area contributed by atoms with Crippen LogP contribution >= 0.6 is 0 Å². The fraction of sp³-hybridized carbons (Fsp3) is 0.517. The summed E-state index contributed by atoms with van der Waals surface area (Å²) in [5.41, 5.74) is 5.07. The number of rotatable bonds is 5. The summed E-state index contributed by atoms with van der Waals surface area (Å²) in [6.07, 6.45) is 6.49. The summed E-state index contributed by atoms with van der Waals surface area (Å²) in [6, 6.07) is 9.93. The van der Waals surface area contributed by atoms with Crippen LogP contribution in [0.3, 0.4) is 0 Å². The third kappa shape index (κ3) is 4.12. The standard InChI is InChI=1S/C29H36N4O2/c1-19-15-20(2)18-33(17-19)24-16-23(30-11-14-32-12-7-3-4-8-13-32)25-26-27(24)31-35-29(26)22-10-6-5-9-21(22)28(25)34/h5-6,9-10,16,19-20,30H,3-4,7-8,11-15,17-18H2,1-2H3. The Labute approximate surface area is 207 Å². The molecule has 184 valence electrons. The molecular formula is C29H36N4O2. The Bertz CT molecular complexity index is 1230. The van der Waals surface area contributed by atoms with Crippen molar-refractivity contribution >= 4 is 28.1 Å². The zero-order valence-corrected chi connectivity index (χ0v) is 21.0. The minimum absolute atomic E-state index is 0.0607. The van der Waals surface area contributed by atoms with Gasteiger partial charge in [-0.2, -0.15) is 0 Å². The largest absolute Gasteiger partial charge is 0.383 e. The number of carbonyl (C=O) groups is 1. The van der Waals surface area contributed by atoms with Gasteiger partial charge in [0.2, 0.25) is 0 Å². The number of nitrogens with zero attached hydrogens (tertiary/aromatic N) is 3. The fourth-order valence-electron chi connectivity index (χ4n) is 6.49. The van der Waals surface area contributed by atoms with Crippen LogP contribution in [0.2, 0.25) is 0 Å². The zero-order chi connectivity index (χ0) is 23.9. The molecule has 6 rings (SSSR count). The third-order valence-corrected chi connectivity index (χ3v) is 8.03. The van der Waals surface area contributed by atoms with Gasteiger partial charge in [0.25, 0.3) is 0 Å². The Kier molecular flexibility index (Phi) is 6.01. The van der Waals surface area contributed by atoms with E-state index in [4.69, 9.17) is 4.52 Å². The summed E-state index contributed by atoms with van der Waals surface area (Å²) in [7, 11) is 0. The highest BCUT2D eigenvalue weighted by Gasteiger charge is 2.34. The molecule has 3 aliphatic rings. The predicted octanol–water partition coefficient (Wildman–Crippen LogP) is 5.81. The Morgan fingerprint density at radius 1 is 1.03 bits per heavy atom. The number of carbonyl (C=O) groups excluding carboxylic acids is 1. The van der Waals surface area contributed by atoms with Crippen LogP contribution in [0.1, 0.15) is 61.9 Å². The quantitative estimate of drug-likeness (QED) is 0.396. The van der Waals surface area contributed by atoms with Crippen molar-refractivity contribution in [1.29, 1.82) is 0 Å². The van der Waals surface area contributed by atoms with Gasteiger partial charge in [-0.05, 0) is 50.3 Å². The topological polar surface area (TPSA) is 61.6 Å². The average Bonchev–Trinajstić information content (AvgIpc) is 3.12. The monoisotopic (exact) mass is 472 g/mol. The lowest BCUT2D eigenvalue weighted by atomic mass is 9.85. The Hall–Kier alpha value is -2.86. The van der Waals surface area contributed by atoms with Crippen molar-refractivity contribution in [2.45, 2.75) is 46.0 Å². The van der Waals surface area contributed by atoms with Crippen LogP contribution < -0.4 is 10.2 Å². The molecule has 0 spiro atoms. The number of fused-ring (bicyclic) bond motifs is 2. The van der Waals surface area contributed by atoms with Crippen molar-refractivity contribution in [2.75, 3.05) is 49.5 Å². The number of likely N-dealkylation sites (tertiary alicyclic amines) is 1. The molecule has 6 nitrogen and oxygen atoms in total. The highest BCUT2D eigenvalue weighted by molar-refractivity contribution is 6.28. The molecule has 1 N–H and O–H groups in total. The van der Waals surface area contributed by atoms with E-state index >= 15 is 0 Å². The van der Waals surface area contributed by atoms with Crippen LogP contribution in [0, 0.1) is 11.8 Å². The molecule has 3 aromatic rings. The van der Waals surface area contributed by atoms with Crippen molar-refractivity contribution < 1.29 is 9.32 Å². The molecule has 1 aromatic heterocycles. The van der Waals surface area contributed by atoms with Crippen LogP contribution in [-0.2, 0) is 0 Å². The first-order chi connectivity index (χ1) is 17.1. The van der Waals surface area contributed by atoms with Crippen LogP contribution in [0.4, 0.5) is 11.4 Å². The smallest absolute Gasteiger partial charge is 0.196 e. The van der Waals surface area contributed by atoms with Gasteiger partial charge in [0.1, 0.15) is 5.52 Å². The van der Waals surface area contributed by atoms with E-state index in [0.717, 1.165) is 59.8 Å². The van der Waals surface area contributed by atoms with Gasteiger partial charge in [-0.25, -0.2) is 0 Å². The second-order valence-electron chi connectivity index (χ2n) is 11.0. The molecule has 1 aliphatic carbocycles. The van der Waals surface area contributed by atoms with E-state index < -0.39 is 0 Å². The van der Waals surface area contributed by atoms with E-state index in [-0.39, 0.29) is 5.78 Å². The molecule has 0 amide bonds. The molecule has 35 heavy (non-hydrogen) atoms. The molecular weight excluding hydrogens is 436 g/mol. The number of aromatic nitrogens is 1. The van der Waals surface area contributed by atoms with Gasteiger partial charge in [-0.15, -0.1) is 0 Å². The molecule has 2 aromatic carbocycles. The maximum atomic E-state index is 13.8. The second kappa shape index (κ2) is 9.30. The molecule has 3 heterocycles. The van der Waals surface area contributed by atoms with Crippen molar-refractivity contribution in [3.8, 4) is 11.3 Å². The van der Waals surface area contributed by atoms with Crippen molar-refractivity contribution in [3.63, 3.8) is 0 Å². The van der Waals surface area contributed by atoms with Gasteiger partial charge >= 0.3 is 0 Å². The summed E-state index contributed by atoms with van der Waals surface area (Å²) in [4.78, 5) is 18.8. The normalized spacial score (nSPS) is 22.8. The maximum Gasteiger partial charge on any atom is 0.196 e. The first kappa shape index (κ1) is 22.6. The summed E-state index contributed by atoms with van der Waals surface area (Å²) < 4.78 is 5.96. The van der Waals surface area contributed by atoms with Crippen molar-refractivity contribution in [2.24, 2.45) is 11.8 Å². The number of hydrogen-bond donors (Lipinski definition) is 1. The Morgan fingerprint density at radius 2 is 1.74 bits per heavy atom. The van der Waals surface area contributed by atoms with E-state index in [1.54, 1.807) is 0 Å². The number of benzene rings is 2. The van der Waals surface area contributed by atoms with Crippen molar-refractivity contribution in [1.82, 2.24) is 10.1 Å². The molecule has 2 unspecified atom stereocenters. The SMILES string of the molecule is CC1CC(C)CN(c2cc(NCCN3CCCCCC3)c3c4c(onc24)-c2ccccc2C3=O)C1. The predicted molar refractivity (Wildman–Crippen MR) is 141 cm³/mol. The van der Waals surface area contributed by atoms with Crippen LogP contribution in [0.25, 0.3) is 22.2 Å². The number of anilines is 2. The highest BCUT2D eigenvalue weighted by atomic mass is 16.5. The number of nitrogens with one attached hydrogen (secondary N) is 1. The van der Waals surface area contributed by atoms with Crippen molar-refractivity contribution in [3.05, 3.63) is 41.5 Å². The van der Waals surface area contributed by atoms with Gasteiger partial charge in [0.05, 0.1) is 16.6 Å². The lowest BCUT2D eigenvalue weighted by molar-refractivity contribution is 0.104. The lowest BCUT2D eigenvalue weighted by Crippen LogP contribution is -2.39. The molecule has 0 radical (unpaired) electrons. The molecule has 0 saturated carbocycles. The first-order valence-electron chi connectivity index (χ1n) is 13.4. The Morgan fingerprint density at radius 3 is 2.49 bits per heavy atom. The van der Waals surface area contributed by atoms with Crippen LogP contribution in [-0.4, -0.2) is 55.1 Å². The molecule has 2 atom stereocenters. The third-order valence-electron chi connectivity index (χ3n) is 8.03. The average molecular weight is 473 g/mol. The molecule has 0 bridgehead atoms.